The van der Waals surface area contributed by atoms with Crippen molar-refractivity contribution in [1.82, 2.24) is 0 Å². The third-order valence-electron chi connectivity index (χ3n) is 1.45. The molecule has 6 heteroatoms. The van der Waals surface area contributed by atoms with Gasteiger partial charge in [0.25, 0.3) is 0 Å². The summed E-state index contributed by atoms with van der Waals surface area (Å²) < 4.78 is 4.36. The summed E-state index contributed by atoms with van der Waals surface area (Å²) in [5.74, 6) is -1.65. The molecule has 0 aliphatic rings. The van der Waals surface area contributed by atoms with Crippen LogP contribution in [0.2, 0.25) is 0 Å². The van der Waals surface area contributed by atoms with E-state index in [1.165, 1.54) is 24.3 Å². The molecule has 0 amide bonds. The van der Waals surface area contributed by atoms with E-state index < -0.39 is 11.9 Å². The monoisotopic (exact) mass is 222 g/mol. The molecular weight excluding hydrogens is 214 g/mol. The fourth-order valence-electron chi connectivity index (χ4n) is 0.847. The van der Waals surface area contributed by atoms with E-state index in [4.69, 9.17) is 5.11 Å². The third-order valence-corrected chi connectivity index (χ3v) is 1.67. The fourth-order valence-corrected chi connectivity index (χ4v) is 0.983. The molecule has 1 N–H and O–H groups in total. The van der Waals surface area contributed by atoms with E-state index in [0.29, 0.717) is 0 Å². The molecule has 0 heterocycles. The molecule has 1 atom stereocenters. The quantitative estimate of drug-likeness (QED) is 0.590. The van der Waals surface area contributed by atoms with Crippen LogP contribution in [0.3, 0.4) is 0 Å². The molecule has 70 valence electrons. The van der Waals surface area contributed by atoms with Gasteiger partial charge < -0.3 is 9.63 Å². The van der Waals surface area contributed by atoms with Crippen molar-refractivity contribution in [2.45, 2.75) is 0 Å². The molecule has 4 nitrogen and oxygen atoms in total. The molecule has 0 fully saturated rings. The summed E-state index contributed by atoms with van der Waals surface area (Å²) in [6.45, 7) is 0. The third kappa shape index (κ3) is 3.39. The predicted molar refractivity (Wildman–Crippen MR) is 55.7 cm³/mol. The molecule has 0 radical (unpaired) electrons. The van der Waals surface area contributed by atoms with Gasteiger partial charge in [-0.05, 0) is 18.2 Å². The average molecular weight is 222 g/mol. The minimum atomic E-state index is -1.07. The molecule has 1 aromatic rings. The maximum absolute atomic E-state index is 11.0. The van der Waals surface area contributed by atoms with Gasteiger partial charge >= 0.3 is 41.5 Å². The van der Waals surface area contributed by atoms with E-state index in [9.17, 15) is 9.59 Å². The Morgan fingerprint density at radius 3 is 2.36 bits per heavy atom. The van der Waals surface area contributed by atoms with Gasteiger partial charge in [-0.3, -0.25) is 0 Å². The summed E-state index contributed by atoms with van der Waals surface area (Å²) in [6.07, 6.45) is 0. The van der Waals surface area contributed by atoms with Gasteiger partial charge in [-0.15, -0.1) is 0 Å². The molecule has 0 aliphatic carbocycles. The van der Waals surface area contributed by atoms with E-state index in [1.807, 2.05) is 9.47 Å². The molecule has 1 unspecified atom stereocenters. The van der Waals surface area contributed by atoms with Crippen LogP contribution in [0.5, 0.6) is 0 Å². The van der Waals surface area contributed by atoms with Gasteiger partial charge in [0.2, 0.25) is 0 Å². The van der Waals surface area contributed by atoms with Gasteiger partial charge in [-0.25, -0.2) is 9.59 Å². The summed E-state index contributed by atoms with van der Waals surface area (Å²) in [6, 6.07) is 5.63. The number of carboxylic acid groups (broad SMARTS) is 1. The zero-order valence-corrected chi connectivity index (χ0v) is 7.71. The maximum atomic E-state index is 11.0. The Morgan fingerprint density at radius 2 is 1.86 bits per heavy atom. The number of carbonyl (C=O) groups excluding carboxylic acids is 1. The Bertz CT molecular complexity index is 353. The van der Waals surface area contributed by atoms with Crippen molar-refractivity contribution in [3.05, 3.63) is 35.4 Å². The second-order valence-corrected chi connectivity index (χ2v) is 2.53. The van der Waals surface area contributed by atoms with Crippen molar-refractivity contribution < 1.29 is 19.2 Å². The van der Waals surface area contributed by atoms with Gasteiger partial charge in [0.15, 0.2) is 0 Å². The van der Waals surface area contributed by atoms with Crippen LogP contribution in [0.1, 0.15) is 20.7 Å². The van der Waals surface area contributed by atoms with Gasteiger partial charge in [0, 0.05) is 0 Å². The Labute approximate surface area is 105 Å². The number of benzene rings is 1. The topological polar surface area (TPSA) is 63.6 Å². The molecular formula is C8H8NaO4P. The second kappa shape index (κ2) is 6.14. The zero-order chi connectivity index (χ0) is 9.84. The van der Waals surface area contributed by atoms with Gasteiger partial charge in [0.05, 0.1) is 20.6 Å². The summed E-state index contributed by atoms with van der Waals surface area (Å²) in [5.41, 5.74) is 0.280. The van der Waals surface area contributed by atoms with Crippen LogP contribution < -0.4 is 0 Å². The number of carbonyl (C=O) groups is 2. The molecule has 0 spiro atoms. The summed E-state index contributed by atoms with van der Waals surface area (Å²) in [7, 11) is 1.81. The fraction of sp³-hybridized carbons (Fsp3) is 0. The van der Waals surface area contributed by atoms with Gasteiger partial charge in [-0.1, -0.05) is 6.07 Å². The van der Waals surface area contributed by atoms with Crippen molar-refractivity contribution in [3.63, 3.8) is 0 Å². The van der Waals surface area contributed by atoms with Crippen LogP contribution in [0.15, 0.2) is 24.3 Å². The van der Waals surface area contributed by atoms with Crippen molar-refractivity contribution >= 4 is 51.0 Å². The molecule has 1 aromatic carbocycles. The van der Waals surface area contributed by atoms with Crippen LogP contribution in [0.25, 0.3) is 0 Å². The van der Waals surface area contributed by atoms with Gasteiger partial charge in [0.1, 0.15) is 0 Å². The van der Waals surface area contributed by atoms with Crippen LogP contribution >= 0.6 is 9.47 Å². The van der Waals surface area contributed by atoms with Crippen molar-refractivity contribution in [1.29, 1.82) is 0 Å². The van der Waals surface area contributed by atoms with E-state index in [1.54, 1.807) is 0 Å². The Balaban J connectivity index is 0.00000169. The number of hydrogen-bond donors (Lipinski definition) is 1. The first-order valence-electron chi connectivity index (χ1n) is 3.39. The van der Waals surface area contributed by atoms with Crippen LogP contribution in [-0.2, 0) is 4.52 Å². The Hall–Kier alpha value is -0.410. The molecule has 0 saturated carbocycles. The van der Waals surface area contributed by atoms with Crippen LogP contribution in [-0.4, -0.2) is 46.6 Å². The minimum absolute atomic E-state index is 0. The number of rotatable bonds is 2. The van der Waals surface area contributed by atoms with E-state index in [-0.39, 0.29) is 40.7 Å². The number of carboxylic acids is 1. The molecule has 1 rings (SSSR count). The Kier molecular flexibility index (Phi) is 5.96. The predicted octanol–water partition coefficient (Wildman–Crippen LogP) is 0.683. The first-order chi connectivity index (χ1) is 6.15. The van der Waals surface area contributed by atoms with E-state index in [2.05, 4.69) is 4.52 Å². The summed E-state index contributed by atoms with van der Waals surface area (Å²) in [4.78, 5) is 21.5. The zero-order valence-electron chi connectivity index (χ0n) is 6.56. The molecule has 0 saturated heterocycles. The summed E-state index contributed by atoms with van der Waals surface area (Å²) >= 11 is 0. The normalized spacial score (nSPS) is 8.64. The van der Waals surface area contributed by atoms with E-state index >= 15 is 0 Å². The molecule has 14 heavy (non-hydrogen) atoms. The molecule has 0 bridgehead atoms. The van der Waals surface area contributed by atoms with Crippen molar-refractivity contribution in [3.8, 4) is 0 Å². The van der Waals surface area contributed by atoms with Gasteiger partial charge in [-0.2, -0.15) is 0 Å². The molecule has 0 aromatic heterocycles. The standard InChI is InChI=1S/C8H7O4P.Na.H/c9-7(10)5-2-1-3-6(4-5)8(11)12-13;;/h1-4H,13H2,(H,9,10);;. The van der Waals surface area contributed by atoms with Crippen molar-refractivity contribution in [2.75, 3.05) is 0 Å². The van der Waals surface area contributed by atoms with Crippen molar-refractivity contribution in [2.24, 2.45) is 0 Å². The first kappa shape index (κ1) is 13.6. The van der Waals surface area contributed by atoms with Crippen LogP contribution in [0, 0.1) is 0 Å². The summed E-state index contributed by atoms with van der Waals surface area (Å²) in [5, 5.41) is 8.61. The van der Waals surface area contributed by atoms with E-state index in [0.717, 1.165) is 0 Å². The van der Waals surface area contributed by atoms with Crippen LogP contribution in [0.4, 0.5) is 0 Å². The number of aromatic carboxylic acids is 1. The first-order valence-corrected chi connectivity index (χ1v) is 3.86. The second-order valence-electron chi connectivity index (χ2n) is 2.29. The SMILES string of the molecule is O=C(O)c1cccc(C(=O)OP)c1.[NaH]. The number of hydrogen-bond acceptors (Lipinski definition) is 3. The average Bonchev–Trinajstić information content (AvgIpc) is 2.17. The Morgan fingerprint density at radius 1 is 1.29 bits per heavy atom. The molecule has 0 aliphatic heterocycles.